The fourth-order valence-electron chi connectivity index (χ4n) is 1.67. The van der Waals surface area contributed by atoms with Crippen molar-refractivity contribution in [1.82, 2.24) is 14.5 Å². The zero-order valence-corrected chi connectivity index (χ0v) is 9.40. The Bertz CT molecular complexity index is 800. The lowest BCUT2D eigenvalue weighted by Crippen LogP contribution is -2.27. The Kier molecular flexibility index (Phi) is 2.15. The summed E-state index contributed by atoms with van der Waals surface area (Å²) in [5, 5.41) is 0. The molecule has 1 N–H and O–H groups in total. The molecule has 0 spiro atoms. The Morgan fingerprint density at radius 3 is 2.94 bits per heavy atom. The van der Waals surface area contributed by atoms with Gasteiger partial charge < -0.3 is 0 Å². The molecular formula is C11H7N3O2S. The lowest BCUT2D eigenvalue weighted by molar-refractivity contribution is 0.903. The van der Waals surface area contributed by atoms with Gasteiger partial charge in [-0.2, -0.15) is 0 Å². The third kappa shape index (κ3) is 1.58. The summed E-state index contributed by atoms with van der Waals surface area (Å²) in [4.78, 5) is 29.1. The average molecular weight is 245 g/mol. The monoisotopic (exact) mass is 245 g/mol. The minimum Gasteiger partial charge on any atom is -0.274 e. The Morgan fingerprint density at radius 1 is 1.24 bits per heavy atom. The third-order valence-corrected chi connectivity index (χ3v) is 3.28. The van der Waals surface area contributed by atoms with Crippen LogP contribution in [0, 0.1) is 0 Å². The van der Waals surface area contributed by atoms with Crippen molar-refractivity contribution < 1.29 is 0 Å². The van der Waals surface area contributed by atoms with Crippen LogP contribution in [-0.2, 0) is 0 Å². The Balaban J connectivity index is 2.38. The number of fused-ring (bicyclic) bond motifs is 1. The van der Waals surface area contributed by atoms with E-state index < -0.39 is 11.2 Å². The number of thiazole rings is 1. The van der Waals surface area contributed by atoms with E-state index in [2.05, 4.69) is 9.97 Å². The van der Waals surface area contributed by atoms with Crippen LogP contribution in [0.2, 0.25) is 0 Å². The quantitative estimate of drug-likeness (QED) is 0.699. The van der Waals surface area contributed by atoms with E-state index in [9.17, 15) is 9.59 Å². The van der Waals surface area contributed by atoms with Gasteiger partial charge in [0.1, 0.15) is 0 Å². The van der Waals surface area contributed by atoms with Crippen molar-refractivity contribution in [2.75, 3.05) is 0 Å². The van der Waals surface area contributed by atoms with Crippen LogP contribution in [0.15, 0.2) is 45.6 Å². The summed E-state index contributed by atoms with van der Waals surface area (Å²) in [5.74, 6) is 0. The van der Waals surface area contributed by atoms with Gasteiger partial charge in [-0.05, 0) is 12.1 Å². The molecule has 2 aromatic heterocycles. The molecular weight excluding hydrogens is 238 g/mol. The summed E-state index contributed by atoms with van der Waals surface area (Å²) in [7, 11) is 0. The van der Waals surface area contributed by atoms with Gasteiger partial charge in [-0.3, -0.25) is 14.3 Å². The summed E-state index contributed by atoms with van der Waals surface area (Å²) in [6.07, 6.45) is 1.47. The van der Waals surface area contributed by atoms with Crippen molar-refractivity contribution in [2.24, 2.45) is 0 Å². The van der Waals surface area contributed by atoms with E-state index in [1.807, 2.05) is 18.2 Å². The minimum atomic E-state index is -0.446. The largest absolute Gasteiger partial charge is 0.332 e. The number of nitrogens with one attached hydrogen (secondary N) is 1. The molecule has 2 heterocycles. The van der Waals surface area contributed by atoms with Gasteiger partial charge in [0, 0.05) is 12.3 Å². The number of hydrogen-bond acceptors (Lipinski definition) is 4. The van der Waals surface area contributed by atoms with E-state index in [0.29, 0.717) is 0 Å². The molecule has 0 fully saturated rings. The maximum absolute atomic E-state index is 11.7. The second-order valence-electron chi connectivity index (χ2n) is 3.46. The van der Waals surface area contributed by atoms with Crippen molar-refractivity contribution in [2.45, 2.75) is 0 Å². The van der Waals surface area contributed by atoms with Crippen molar-refractivity contribution in [3.8, 4) is 5.69 Å². The predicted molar refractivity (Wildman–Crippen MR) is 65.8 cm³/mol. The summed E-state index contributed by atoms with van der Waals surface area (Å²) < 4.78 is 2.32. The van der Waals surface area contributed by atoms with E-state index in [4.69, 9.17) is 0 Å². The molecule has 0 amide bonds. The van der Waals surface area contributed by atoms with Gasteiger partial charge in [0.15, 0.2) is 0 Å². The number of aromatic nitrogens is 3. The van der Waals surface area contributed by atoms with Gasteiger partial charge in [0.05, 0.1) is 21.4 Å². The molecule has 0 saturated carbocycles. The van der Waals surface area contributed by atoms with Crippen LogP contribution >= 0.6 is 11.3 Å². The van der Waals surface area contributed by atoms with E-state index in [0.717, 1.165) is 15.9 Å². The molecule has 5 nitrogen and oxygen atoms in total. The summed E-state index contributed by atoms with van der Waals surface area (Å²) in [6, 6.07) is 6.85. The lowest BCUT2D eigenvalue weighted by atomic mass is 10.3. The molecule has 3 rings (SSSR count). The SMILES string of the molecule is O=c1ccn(-c2cccc3ncsc23)c(=O)[nH]1. The highest BCUT2D eigenvalue weighted by Crippen LogP contribution is 2.23. The number of hydrogen-bond donors (Lipinski definition) is 1. The van der Waals surface area contributed by atoms with Crippen LogP contribution in [0.3, 0.4) is 0 Å². The first kappa shape index (κ1) is 9.98. The molecule has 3 aromatic rings. The number of nitrogens with zero attached hydrogens (tertiary/aromatic N) is 2. The Labute approximate surface area is 99.0 Å². The highest BCUT2D eigenvalue weighted by atomic mass is 32.1. The predicted octanol–water partition coefficient (Wildman–Crippen LogP) is 1.14. The zero-order valence-electron chi connectivity index (χ0n) is 8.58. The molecule has 84 valence electrons. The maximum Gasteiger partial charge on any atom is 0.332 e. The third-order valence-electron chi connectivity index (χ3n) is 2.42. The van der Waals surface area contributed by atoms with Gasteiger partial charge in [-0.1, -0.05) is 6.07 Å². The molecule has 0 bridgehead atoms. The van der Waals surface area contributed by atoms with E-state index in [1.54, 1.807) is 5.51 Å². The van der Waals surface area contributed by atoms with E-state index in [-0.39, 0.29) is 0 Å². The van der Waals surface area contributed by atoms with Crippen LogP contribution in [0.5, 0.6) is 0 Å². The van der Waals surface area contributed by atoms with Crippen molar-refractivity contribution >= 4 is 21.6 Å². The molecule has 0 aliphatic heterocycles. The summed E-state index contributed by atoms with van der Waals surface area (Å²) in [6.45, 7) is 0. The van der Waals surface area contributed by atoms with Crippen molar-refractivity contribution in [3.05, 3.63) is 56.8 Å². The topological polar surface area (TPSA) is 67.8 Å². The number of benzene rings is 1. The maximum atomic E-state index is 11.7. The first-order valence-corrected chi connectivity index (χ1v) is 5.78. The van der Waals surface area contributed by atoms with E-state index >= 15 is 0 Å². The molecule has 6 heteroatoms. The van der Waals surface area contributed by atoms with Gasteiger partial charge in [-0.25, -0.2) is 9.78 Å². The van der Waals surface area contributed by atoms with Gasteiger partial charge in [0.25, 0.3) is 5.56 Å². The van der Waals surface area contributed by atoms with Gasteiger partial charge >= 0.3 is 5.69 Å². The van der Waals surface area contributed by atoms with Crippen LogP contribution in [0.25, 0.3) is 15.9 Å². The van der Waals surface area contributed by atoms with Crippen LogP contribution in [0.4, 0.5) is 0 Å². The molecule has 17 heavy (non-hydrogen) atoms. The van der Waals surface area contributed by atoms with E-state index in [1.165, 1.54) is 28.2 Å². The second kappa shape index (κ2) is 3.67. The number of aromatic amines is 1. The Morgan fingerprint density at radius 2 is 2.12 bits per heavy atom. The molecule has 0 aliphatic carbocycles. The lowest BCUT2D eigenvalue weighted by Gasteiger charge is -2.04. The van der Waals surface area contributed by atoms with Gasteiger partial charge in [0.2, 0.25) is 0 Å². The highest BCUT2D eigenvalue weighted by Gasteiger charge is 2.06. The first-order chi connectivity index (χ1) is 8.25. The smallest absolute Gasteiger partial charge is 0.274 e. The average Bonchev–Trinajstić information content (AvgIpc) is 2.77. The second-order valence-corrected chi connectivity index (χ2v) is 4.31. The molecule has 0 aliphatic rings. The fourth-order valence-corrected chi connectivity index (χ4v) is 2.47. The van der Waals surface area contributed by atoms with Crippen LogP contribution in [-0.4, -0.2) is 14.5 Å². The summed E-state index contributed by atoms with van der Waals surface area (Å²) in [5.41, 5.74) is 2.45. The van der Waals surface area contributed by atoms with Gasteiger partial charge in [-0.15, -0.1) is 11.3 Å². The van der Waals surface area contributed by atoms with Crippen LogP contribution in [0.1, 0.15) is 0 Å². The van der Waals surface area contributed by atoms with Crippen molar-refractivity contribution in [3.63, 3.8) is 0 Å². The molecule has 0 radical (unpaired) electrons. The first-order valence-electron chi connectivity index (χ1n) is 4.90. The number of H-pyrrole nitrogens is 1. The fraction of sp³-hybridized carbons (Fsp3) is 0. The minimum absolute atomic E-state index is 0.400. The zero-order chi connectivity index (χ0) is 11.8. The highest BCUT2D eigenvalue weighted by molar-refractivity contribution is 7.17. The standard InChI is InChI=1S/C11H7N3O2S/c15-9-4-5-14(11(16)13-9)8-3-1-2-7-10(8)17-6-12-7/h1-6H,(H,13,15,16). The van der Waals surface area contributed by atoms with Crippen molar-refractivity contribution in [1.29, 1.82) is 0 Å². The summed E-state index contributed by atoms with van der Waals surface area (Å²) >= 11 is 1.46. The molecule has 0 atom stereocenters. The van der Waals surface area contributed by atoms with Crippen LogP contribution < -0.4 is 11.2 Å². The molecule has 0 saturated heterocycles. The number of rotatable bonds is 1. The molecule has 0 unspecified atom stereocenters. The normalized spacial score (nSPS) is 10.8. The Hall–Kier alpha value is -2.21. The molecule has 1 aromatic carbocycles.